The van der Waals surface area contributed by atoms with E-state index < -0.39 is 0 Å². The summed E-state index contributed by atoms with van der Waals surface area (Å²) in [7, 11) is 0. The maximum atomic E-state index is 6.79. The van der Waals surface area contributed by atoms with Gasteiger partial charge in [0.2, 0.25) is 0 Å². The van der Waals surface area contributed by atoms with Gasteiger partial charge in [0.1, 0.15) is 11.2 Å². The number of hydrogen-bond donors (Lipinski definition) is 0. The molecule has 274 valence electrons. The Morgan fingerprint density at radius 1 is 0.310 bits per heavy atom. The molecule has 0 atom stereocenters. The van der Waals surface area contributed by atoms with E-state index in [9.17, 15) is 0 Å². The Morgan fingerprint density at radius 2 is 0.707 bits per heavy atom. The number of hydrogen-bond acceptors (Lipinski definition) is 4. The molecule has 58 heavy (non-hydrogen) atoms. The van der Waals surface area contributed by atoms with Crippen LogP contribution in [0.3, 0.4) is 0 Å². The second kappa shape index (κ2) is 12.5. The SMILES string of the molecule is Cc1cc(C)c2ccc3c(N(c4ccccc4)c4cccc5c4oc4ccccc45)cc(N(c4ccccc4)c4cccc5c4oc4ccccc45)c4ccc1c2c43. The topological polar surface area (TPSA) is 32.8 Å². The van der Waals surface area contributed by atoms with Crippen molar-refractivity contribution in [1.82, 2.24) is 0 Å². The van der Waals surface area contributed by atoms with Crippen molar-refractivity contribution in [3.8, 4) is 0 Å². The lowest BCUT2D eigenvalue weighted by atomic mass is 9.88. The molecule has 0 bridgehead atoms. The van der Waals surface area contributed by atoms with E-state index in [1.54, 1.807) is 0 Å². The third-order valence-corrected chi connectivity index (χ3v) is 12.0. The molecule has 0 spiro atoms. The number of furan rings is 2. The first-order valence-corrected chi connectivity index (χ1v) is 19.8. The molecule has 0 fully saturated rings. The molecular weight excluding hydrogens is 709 g/mol. The second-order valence-corrected chi connectivity index (χ2v) is 15.3. The molecule has 4 heteroatoms. The first-order valence-electron chi connectivity index (χ1n) is 19.8. The Morgan fingerprint density at radius 3 is 1.19 bits per heavy atom. The van der Waals surface area contributed by atoms with Crippen LogP contribution in [0, 0.1) is 13.8 Å². The van der Waals surface area contributed by atoms with Gasteiger partial charge in [-0.1, -0.05) is 127 Å². The molecule has 4 nitrogen and oxygen atoms in total. The summed E-state index contributed by atoms with van der Waals surface area (Å²) in [5.41, 5.74) is 12.1. The van der Waals surface area contributed by atoms with E-state index in [0.29, 0.717) is 0 Å². The van der Waals surface area contributed by atoms with E-state index in [1.807, 2.05) is 12.1 Å². The van der Waals surface area contributed by atoms with Crippen molar-refractivity contribution in [3.05, 3.63) is 193 Å². The predicted octanol–water partition coefficient (Wildman–Crippen LogP) is 15.9. The molecule has 10 aromatic carbocycles. The van der Waals surface area contributed by atoms with Crippen LogP contribution in [-0.4, -0.2) is 0 Å². The Labute approximate surface area is 334 Å². The Bertz CT molecular complexity index is 3320. The van der Waals surface area contributed by atoms with Crippen LogP contribution in [0.1, 0.15) is 11.1 Å². The van der Waals surface area contributed by atoms with Crippen LogP contribution in [0.4, 0.5) is 34.1 Å². The largest absolute Gasteiger partial charge is 0.454 e. The van der Waals surface area contributed by atoms with Crippen molar-refractivity contribution in [2.75, 3.05) is 9.80 Å². The molecule has 2 heterocycles. The minimum atomic E-state index is 0.846. The van der Waals surface area contributed by atoms with Crippen molar-refractivity contribution >= 4 is 110 Å². The van der Waals surface area contributed by atoms with Crippen LogP contribution < -0.4 is 9.80 Å². The third-order valence-electron chi connectivity index (χ3n) is 12.0. The molecule has 0 unspecified atom stereocenters. The first kappa shape index (κ1) is 32.7. The number of fused-ring (bicyclic) bond motifs is 6. The molecule has 0 amide bonds. The van der Waals surface area contributed by atoms with Gasteiger partial charge in [-0.3, -0.25) is 0 Å². The lowest BCUT2D eigenvalue weighted by Gasteiger charge is -2.32. The summed E-state index contributed by atoms with van der Waals surface area (Å²) >= 11 is 0. The fourth-order valence-electron chi connectivity index (χ4n) is 9.50. The molecule has 12 aromatic rings. The molecular formula is C54H36N2O2. The van der Waals surface area contributed by atoms with Crippen LogP contribution in [0.25, 0.3) is 76.2 Å². The predicted molar refractivity (Wildman–Crippen MR) is 244 cm³/mol. The van der Waals surface area contributed by atoms with Gasteiger partial charge >= 0.3 is 0 Å². The third kappa shape index (κ3) is 4.69. The molecule has 0 aliphatic heterocycles. The highest BCUT2D eigenvalue weighted by Gasteiger charge is 2.28. The number of nitrogens with zero attached hydrogens (tertiary/aromatic N) is 2. The molecule has 0 N–H and O–H groups in total. The van der Waals surface area contributed by atoms with Gasteiger partial charge < -0.3 is 18.6 Å². The van der Waals surface area contributed by atoms with Gasteiger partial charge in [-0.25, -0.2) is 0 Å². The van der Waals surface area contributed by atoms with E-state index in [2.05, 4.69) is 194 Å². The normalized spacial score (nSPS) is 12.0. The second-order valence-electron chi connectivity index (χ2n) is 15.3. The van der Waals surface area contributed by atoms with Crippen LogP contribution in [0.2, 0.25) is 0 Å². The van der Waals surface area contributed by atoms with Crippen LogP contribution >= 0.6 is 0 Å². The van der Waals surface area contributed by atoms with Crippen molar-refractivity contribution in [2.24, 2.45) is 0 Å². The van der Waals surface area contributed by atoms with Gasteiger partial charge in [-0.05, 0) is 95.7 Å². The maximum Gasteiger partial charge on any atom is 0.159 e. The first-order chi connectivity index (χ1) is 28.6. The van der Waals surface area contributed by atoms with Gasteiger partial charge in [0.15, 0.2) is 11.2 Å². The summed E-state index contributed by atoms with van der Waals surface area (Å²) in [6.45, 7) is 4.47. The molecule has 12 rings (SSSR count). The summed E-state index contributed by atoms with van der Waals surface area (Å²) < 4.78 is 13.6. The number of aryl methyl sites for hydroxylation is 2. The Balaban J connectivity index is 1.26. The number of benzene rings is 10. The number of para-hydroxylation sites is 6. The zero-order chi connectivity index (χ0) is 38.5. The van der Waals surface area contributed by atoms with Crippen molar-refractivity contribution in [2.45, 2.75) is 13.8 Å². The minimum absolute atomic E-state index is 0.846. The van der Waals surface area contributed by atoms with E-state index in [1.165, 1.54) is 32.7 Å². The highest BCUT2D eigenvalue weighted by molar-refractivity contribution is 6.30. The lowest BCUT2D eigenvalue weighted by molar-refractivity contribution is 0.669. The summed E-state index contributed by atoms with van der Waals surface area (Å²) in [6.07, 6.45) is 0. The van der Waals surface area contributed by atoms with Crippen molar-refractivity contribution < 1.29 is 8.83 Å². The van der Waals surface area contributed by atoms with Crippen molar-refractivity contribution in [3.63, 3.8) is 0 Å². The molecule has 0 saturated carbocycles. The summed E-state index contributed by atoms with van der Waals surface area (Å²) in [4.78, 5) is 4.79. The molecule has 0 aliphatic carbocycles. The average molecular weight is 745 g/mol. The van der Waals surface area contributed by atoms with Crippen molar-refractivity contribution in [1.29, 1.82) is 0 Å². The zero-order valence-electron chi connectivity index (χ0n) is 32.0. The number of anilines is 6. The smallest absolute Gasteiger partial charge is 0.159 e. The maximum absolute atomic E-state index is 6.79. The van der Waals surface area contributed by atoms with E-state index >= 15 is 0 Å². The van der Waals surface area contributed by atoms with Crippen LogP contribution in [0.15, 0.2) is 191 Å². The molecule has 0 saturated heterocycles. The van der Waals surface area contributed by atoms with Gasteiger partial charge in [0.05, 0.1) is 22.7 Å². The monoisotopic (exact) mass is 744 g/mol. The van der Waals surface area contributed by atoms with E-state index in [4.69, 9.17) is 8.83 Å². The zero-order valence-corrected chi connectivity index (χ0v) is 32.0. The fraction of sp³-hybridized carbons (Fsp3) is 0.0370. The van der Waals surface area contributed by atoms with Gasteiger partial charge in [-0.2, -0.15) is 0 Å². The highest BCUT2D eigenvalue weighted by Crippen LogP contribution is 2.53. The summed E-state index contributed by atoms with van der Waals surface area (Å²) in [6, 6.07) is 65.0. The fourth-order valence-corrected chi connectivity index (χ4v) is 9.50. The summed E-state index contributed by atoms with van der Waals surface area (Å²) in [5.74, 6) is 0. The Kier molecular flexibility index (Phi) is 7.02. The lowest BCUT2D eigenvalue weighted by Crippen LogP contribution is -2.15. The highest BCUT2D eigenvalue weighted by atomic mass is 16.3. The van der Waals surface area contributed by atoms with Gasteiger partial charge in [0.25, 0.3) is 0 Å². The average Bonchev–Trinajstić information content (AvgIpc) is 3.85. The van der Waals surface area contributed by atoms with E-state index in [-0.39, 0.29) is 0 Å². The van der Waals surface area contributed by atoms with E-state index in [0.717, 1.165) is 88.8 Å². The van der Waals surface area contributed by atoms with Gasteiger partial charge in [0, 0.05) is 49.1 Å². The quantitative estimate of drug-likeness (QED) is 0.159. The minimum Gasteiger partial charge on any atom is -0.454 e. The van der Waals surface area contributed by atoms with Gasteiger partial charge in [-0.15, -0.1) is 0 Å². The molecule has 0 aliphatic rings. The number of rotatable bonds is 6. The molecule has 2 aromatic heterocycles. The standard InChI is InChI=1S/C54H36N2O2/c1-33-31-34(2)38-28-30-44-48(56(36-17-7-4-8-18-36)46-24-14-22-42-40-20-10-12-26-50(40)58-54(42)46)32-47(43-29-27-37(33)51(38)52(43)44)55(35-15-5-3-6-16-35)45-23-13-21-41-39-19-9-11-25-49(39)57-53(41)45/h3-32H,1-2H3. The Hall–Kier alpha value is -7.56. The van der Waals surface area contributed by atoms with Crippen LogP contribution in [0.5, 0.6) is 0 Å². The van der Waals surface area contributed by atoms with Crippen LogP contribution in [-0.2, 0) is 0 Å². The molecule has 0 radical (unpaired) electrons. The summed E-state index contributed by atoms with van der Waals surface area (Å²) in [5, 5.41) is 11.7.